The van der Waals surface area contributed by atoms with E-state index in [2.05, 4.69) is 10.2 Å². The summed E-state index contributed by atoms with van der Waals surface area (Å²) in [5.74, 6) is 0.603. The normalized spacial score (nSPS) is 25.9. The van der Waals surface area contributed by atoms with Crippen LogP contribution in [0.5, 0.6) is 0 Å². The fourth-order valence-corrected chi connectivity index (χ4v) is 3.17. The van der Waals surface area contributed by atoms with Crippen LogP contribution in [0.3, 0.4) is 0 Å². The zero-order valence-electron chi connectivity index (χ0n) is 12.6. The second kappa shape index (κ2) is 6.23. The zero-order chi connectivity index (χ0) is 13.9. The molecular weight excluding hydrogens is 240 g/mol. The van der Waals surface area contributed by atoms with Crippen LogP contribution in [0, 0.1) is 5.92 Å². The van der Waals surface area contributed by atoms with Gasteiger partial charge in [0.2, 0.25) is 0 Å². The highest BCUT2D eigenvalue weighted by Gasteiger charge is 2.31. The highest BCUT2D eigenvalue weighted by Crippen LogP contribution is 2.28. The lowest BCUT2D eigenvalue weighted by molar-refractivity contribution is -0.139. The van der Waals surface area contributed by atoms with Crippen molar-refractivity contribution in [1.29, 1.82) is 0 Å². The van der Waals surface area contributed by atoms with Crippen LogP contribution in [0.1, 0.15) is 46.0 Å². The zero-order valence-corrected chi connectivity index (χ0v) is 12.6. The first kappa shape index (κ1) is 14.8. The fourth-order valence-electron chi connectivity index (χ4n) is 3.17. The summed E-state index contributed by atoms with van der Waals surface area (Å²) in [6.07, 6.45) is 6.74. The van der Waals surface area contributed by atoms with Gasteiger partial charge in [-0.1, -0.05) is 12.8 Å². The smallest absolute Gasteiger partial charge is 0.251 e. The van der Waals surface area contributed by atoms with E-state index in [9.17, 15) is 4.79 Å². The molecule has 0 aromatic carbocycles. The SMILES string of the molecule is COC(C)(C)C(=O)NC[C@H]1CCN(C2CCCC2)C1. The van der Waals surface area contributed by atoms with Crippen LogP contribution in [0.25, 0.3) is 0 Å². The molecule has 1 atom stereocenters. The lowest BCUT2D eigenvalue weighted by atomic mass is 10.1. The van der Waals surface area contributed by atoms with Crippen LogP contribution in [-0.4, -0.2) is 49.2 Å². The maximum absolute atomic E-state index is 11.9. The summed E-state index contributed by atoms with van der Waals surface area (Å²) in [5.41, 5.74) is -0.719. The molecule has 4 nitrogen and oxygen atoms in total. The van der Waals surface area contributed by atoms with Gasteiger partial charge in [0.1, 0.15) is 5.60 Å². The Morgan fingerprint density at radius 1 is 1.32 bits per heavy atom. The van der Waals surface area contributed by atoms with Crippen molar-refractivity contribution in [3.63, 3.8) is 0 Å². The molecule has 0 bridgehead atoms. The van der Waals surface area contributed by atoms with Crippen LogP contribution in [0.15, 0.2) is 0 Å². The summed E-state index contributed by atoms with van der Waals surface area (Å²) < 4.78 is 5.19. The predicted molar refractivity (Wildman–Crippen MR) is 76.0 cm³/mol. The highest BCUT2D eigenvalue weighted by molar-refractivity contribution is 5.84. The van der Waals surface area contributed by atoms with Crippen molar-refractivity contribution in [3.8, 4) is 0 Å². The van der Waals surface area contributed by atoms with Crippen molar-refractivity contribution in [1.82, 2.24) is 10.2 Å². The second-order valence-electron chi connectivity index (χ2n) is 6.51. The summed E-state index contributed by atoms with van der Waals surface area (Å²) in [6, 6.07) is 0.816. The van der Waals surface area contributed by atoms with Crippen molar-refractivity contribution >= 4 is 5.91 Å². The van der Waals surface area contributed by atoms with Gasteiger partial charge in [0, 0.05) is 26.2 Å². The van der Waals surface area contributed by atoms with E-state index in [1.807, 2.05) is 13.8 Å². The number of ether oxygens (including phenoxy) is 1. The van der Waals surface area contributed by atoms with Crippen molar-refractivity contribution < 1.29 is 9.53 Å². The summed E-state index contributed by atoms with van der Waals surface area (Å²) in [6.45, 7) is 6.76. The minimum absolute atomic E-state index is 0.00526. The first-order chi connectivity index (χ1) is 9.03. The number of carbonyl (C=O) groups is 1. The van der Waals surface area contributed by atoms with Gasteiger partial charge in [0.05, 0.1) is 0 Å². The number of carbonyl (C=O) groups excluding carboxylic acids is 1. The van der Waals surface area contributed by atoms with E-state index in [0.717, 1.165) is 19.1 Å². The van der Waals surface area contributed by atoms with Gasteiger partial charge in [-0.25, -0.2) is 0 Å². The molecule has 1 aliphatic heterocycles. The van der Waals surface area contributed by atoms with Gasteiger partial charge in [0.25, 0.3) is 5.91 Å². The van der Waals surface area contributed by atoms with E-state index < -0.39 is 5.60 Å². The van der Waals surface area contributed by atoms with E-state index in [1.54, 1.807) is 7.11 Å². The number of hydrogen-bond donors (Lipinski definition) is 1. The summed E-state index contributed by atoms with van der Waals surface area (Å²) in [4.78, 5) is 14.6. The molecule has 2 fully saturated rings. The van der Waals surface area contributed by atoms with E-state index >= 15 is 0 Å². The van der Waals surface area contributed by atoms with Gasteiger partial charge in [-0.15, -0.1) is 0 Å². The van der Waals surface area contributed by atoms with E-state index in [-0.39, 0.29) is 5.91 Å². The molecule has 0 aromatic rings. The Hall–Kier alpha value is -0.610. The molecule has 1 aliphatic carbocycles. The minimum atomic E-state index is -0.719. The van der Waals surface area contributed by atoms with Gasteiger partial charge in [0.15, 0.2) is 0 Å². The Bertz CT molecular complexity index is 311. The maximum atomic E-state index is 11.9. The van der Waals surface area contributed by atoms with E-state index in [1.165, 1.54) is 38.6 Å². The monoisotopic (exact) mass is 268 g/mol. The Kier molecular flexibility index (Phi) is 4.85. The molecular formula is C15H28N2O2. The number of nitrogens with zero attached hydrogens (tertiary/aromatic N) is 1. The number of methoxy groups -OCH3 is 1. The van der Waals surface area contributed by atoms with E-state index in [4.69, 9.17) is 4.74 Å². The molecule has 0 aromatic heterocycles. The predicted octanol–water partition coefficient (Wildman–Crippen LogP) is 1.79. The molecule has 1 amide bonds. The van der Waals surface area contributed by atoms with Crippen LogP contribution in [0.2, 0.25) is 0 Å². The quantitative estimate of drug-likeness (QED) is 0.826. The first-order valence-corrected chi connectivity index (χ1v) is 7.60. The molecule has 1 saturated carbocycles. The van der Waals surface area contributed by atoms with Gasteiger partial charge in [-0.3, -0.25) is 4.79 Å². The molecule has 1 N–H and O–H groups in total. The largest absolute Gasteiger partial charge is 0.369 e. The number of nitrogens with one attached hydrogen (secondary N) is 1. The third-order valence-corrected chi connectivity index (χ3v) is 4.77. The maximum Gasteiger partial charge on any atom is 0.251 e. The molecule has 1 heterocycles. The van der Waals surface area contributed by atoms with Crippen LogP contribution in [-0.2, 0) is 9.53 Å². The molecule has 19 heavy (non-hydrogen) atoms. The summed E-state index contributed by atoms with van der Waals surface area (Å²) >= 11 is 0. The van der Waals surface area contributed by atoms with Gasteiger partial charge < -0.3 is 15.0 Å². The van der Waals surface area contributed by atoms with Crippen molar-refractivity contribution in [2.45, 2.75) is 57.6 Å². The lowest BCUT2D eigenvalue weighted by Gasteiger charge is -2.25. The molecule has 0 unspecified atom stereocenters. The van der Waals surface area contributed by atoms with Crippen molar-refractivity contribution in [2.75, 3.05) is 26.7 Å². The second-order valence-corrected chi connectivity index (χ2v) is 6.51. The Labute approximate surface area is 116 Å². The molecule has 0 spiro atoms. The Morgan fingerprint density at radius 3 is 2.63 bits per heavy atom. The van der Waals surface area contributed by atoms with Gasteiger partial charge >= 0.3 is 0 Å². The topological polar surface area (TPSA) is 41.6 Å². The molecule has 0 radical (unpaired) electrons. The number of rotatable bonds is 5. The van der Waals surface area contributed by atoms with E-state index in [0.29, 0.717) is 5.92 Å². The summed E-state index contributed by atoms with van der Waals surface area (Å²) in [7, 11) is 1.58. The average molecular weight is 268 g/mol. The van der Waals surface area contributed by atoms with Crippen LogP contribution < -0.4 is 5.32 Å². The number of hydrogen-bond acceptors (Lipinski definition) is 3. The number of amides is 1. The minimum Gasteiger partial charge on any atom is -0.369 e. The molecule has 2 rings (SSSR count). The van der Waals surface area contributed by atoms with Crippen LogP contribution >= 0.6 is 0 Å². The Morgan fingerprint density at radius 2 is 2.00 bits per heavy atom. The average Bonchev–Trinajstić information content (AvgIpc) is 3.06. The van der Waals surface area contributed by atoms with Gasteiger partial charge in [-0.2, -0.15) is 0 Å². The third kappa shape index (κ3) is 3.69. The third-order valence-electron chi connectivity index (χ3n) is 4.77. The molecule has 4 heteroatoms. The van der Waals surface area contributed by atoms with Crippen LogP contribution in [0.4, 0.5) is 0 Å². The lowest BCUT2D eigenvalue weighted by Crippen LogP contribution is -2.45. The standard InChI is InChI=1S/C15H28N2O2/c1-15(2,19-3)14(18)16-10-12-8-9-17(11-12)13-6-4-5-7-13/h12-13H,4-11H2,1-3H3,(H,16,18)/t12-/m1/s1. The van der Waals surface area contributed by atoms with Crippen molar-refractivity contribution in [3.05, 3.63) is 0 Å². The Balaban J connectivity index is 1.72. The number of likely N-dealkylation sites (tertiary alicyclic amines) is 1. The van der Waals surface area contributed by atoms with Gasteiger partial charge in [-0.05, 0) is 45.6 Å². The highest BCUT2D eigenvalue weighted by atomic mass is 16.5. The fraction of sp³-hybridized carbons (Fsp3) is 0.933. The van der Waals surface area contributed by atoms with Crippen molar-refractivity contribution in [2.24, 2.45) is 5.92 Å². The first-order valence-electron chi connectivity index (χ1n) is 7.60. The molecule has 2 aliphatic rings. The summed E-state index contributed by atoms with van der Waals surface area (Å²) in [5, 5.41) is 3.04. The molecule has 110 valence electrons. The molecule has 1 saturated heterocycles.